The van der Waals surface area contributed by atoms with Crippen molar-refractivity contribution in [3.05, 3.63) is 71.8 Å². The number of benzene rings is 3. The largest absolute Gasteiger partial charge is 0.426 e. The maximum atomic E-state index is 12.7. The van der Waals surface area contributed by atoms with Gasteiger partial charge in [-0.15, -0.1) is 0 Å². The van der Waals surface area contributed by atoms with Crippen LogP contribution in [0.1, 0.15) is 11.1 Å². The third kappa shape index (κ3) is 5.59. The highest BCUT2D eigenvalue weighted by Gasteiger charge is 2.21. The van der Waals surface area contributed by atoms with Crippen molar-refractivity contribution in [3.63, 3.8) is 0 Å². The van der Waals surface area contributed by atoms with Crippen molar-refractivity contribution < 1.29 is 14.3 Å². The van der Waals surface area contributed by atoms with E-state index < -0.39 is 6.09 Å². The first-order valence-corrected chi connectivity index (χ1v) is 10.7. The van der Waals surface area contributed by atoms with Gasteiger partial charge in [0.15, 0.2) is 0 Å². The lowest BCUT2D eigenvalue weighted by atomic mass is 10.1. The highest BCUT2D eigenvalue weighted by molar-refractivity contribution is 7.95. The summed E-state index contributed by atoms with van der Waals surface area (Å²) >= 11 is 0.935. The number of amides is 3. The second-order valence-electron chi connectivity index (χ2n) is 7.35. The Morgan fingerprint density at radius 3 is 2.41 bits per heavy atom. The van der Waals surface area contributed by atoms with Gasteiger partial charge in [-0.1, -0.05) is 54.1 Å². The second-order valence-corrected chi connectivity index (χ2v) is 8.61. The van der Waals surface area contributed by atoms with Crippen LogP contribution in [-0.4, -0.2) is 53.1 Å². The van der Waals surface area contributed by atoms with Gasteiger partial charge in [0.1, 0.15) is 5.75 Å². The van der Waals surface area contributed by atoms with E-state index in [0.29, 0.717) is 5.75 Å². The molecule has 0 heterocycles. The van der Waals surface area contributed by atoms with Gasteiger partial charge < -0.3 is 4.74 Å². The lowest BCUT2D eigenvalue weighted by molar-refractivity contribution is 0.186. The van der Waals surface area contributed by atoms with Crippen molar-refractivity contribution in [2.75, 3.05) is 21.1 Å². The summed E-state index contributed by atoms with van der Waals surface area (Å²) in [6.07, 6.45) is 0.878. The van der Waals surface area contributed by atoms with E-state index in [-0.39, 0.29) is 6.03 Å². The molecule has 32 heavy (non-hydrogen) atoms. The molecule has 3 amide bonds. The molecule has 3 aromatic carbocycles. The Morgan fingerprint density at radius 2 is 1.66 bits per heavy atom. The van der Waals surface area contributed by atoms with Crippen LogP contribution >= 0.6 is 12.1 Å². The maximum Gasteiger partial charge on any atom is 0.426 e. The van der Waals surface area contributed by atoms with E-state index in [4.69, 9.17) is 4.74 Å². The van der Waals surface area contributed by atoms with Crippen LogP contribution < -0.4 is 4.74 Å². The minimum Gasteiger partial charge on any atom is -0.409 e. The Bertz CT molecular complexity index is 1160. The summed E-state index contributed by atoms with van der Waals surface area (Å²) in [4.78, 5) is 31.0. The quantitative estimate of drug-likeness (QED) is 0.280. The van der Waals surface area contributed by atoms with E-state index in [1.165, 1.54) is 19.8 Å². The first kappa shape index (κ1) is 23.1. The molecule has 0 unspecified atom stereocenters. The molecule has 0 bridgehead atoms. The topological polar surface area (TPSA) is 65.5 Å². The summed E-state index contributed by atoms with van der Waals surface area (Å²) in [5.74, 6) is 0.465. The number of fused-ring (bicyclic) bond motifs is 1. The molecule has 0 aromatic heterocycles. The van der Waals surface area contributed by atoms with E-state index in [2.05, 4.69) is 4.99 Å². The smallest absolute Gasteiger partial charge is 0.409 e. The van der Waals surface area contributed by atoms with E-state index in [9.17, 15) is 9.59 Å². The molecule has 0 radical (unpaired) electrons. The second kappa shape index (κ2) is 10.2. The lowest BCUT2D eigenvalue weighted by Gasteiger charge is -2.24. The van der Waals surface area contributed by atoms with Gasteiger partial charge in [-0.3, -0.25) is 9.21 Å². The minimum absolute atomic E-state index is 0.340. The number of ether oxygens (including phenoxy) is 1. The average molecular weight is 451 g/mol. The number of hydrogen-bond acceptors (Lipinski definition) is 5. The van der Waals surface area contributed by atoms with E-state index in [1.54, 1.807) is 27.2 Å². The molecule has 8 heteroatoms. The summed E-state index contributed by atoms with van der Waals surface area (Å²) in [6, 6.07) is 18.8. The molecular formula is C24H26N4O3S. The molecule has 0 spiro atoms. The average Bonchev–Trinajstić information content (AvgIpc) is 2.77. The van der Waals surface area contributed by atoms with Crippen molar-refractivity contribution in [2.45, 2.75) is 13.8 Å². The first-order valence-electron chi connectivity index (χ1n) is 9.99. The SMILES string of the molecule is Cc1ccc(N=CN(C)C(=O)N(C)SN(C)C(=O)Oc2cccc3ccccc23)c(C)c1. The van der Waals surface area contributed by atoms with Gasteiger partial charge in [0.2, 0.25) is 0 Å². The van der Waals surface area contributed by atoms with Gasteiger partial charge >= 0.3 is 12.1 Å². The fourth-order valence-electron chi connectivity index (χ4n) is 3.07. The summed E-state index contributed by atoms with van der Waals surface area (Å²) in [6.45, 7) is 3.99. The third-order valence-electron chi connectivity index (χ3n) is 4.74. The van der Waals surface area contributed by atoms with Crippen LogP contribution in [-0.2, 0) is 0 Å². The third-order valence-corrected chi connectivity index (χ3v) is 5.54. The van der Waals surface area contributed by atoms with Crippen LogP contribution in [0.25, 0.3) is 10.8 Å². The van der Waals surface area contributed by atoms with Gasteiger partial charge in [0.25, 0.3) is 0 Å². The number of hydrogen-bond donors (Lipinski definition) is 0. The number of carbonyl (C=O) groups excluding carboxylic acids is 2. The standard InChI is InChI=1S/C24H26N4O3S/c1-17-13-14-21(18(2)15-17)25-16-26(3)23(29)27(4)32-28(5)24(30)31-22-12-8-10-19-9-6-7-11-20(19)22/h6-16H,1-5H3. The van der Waals surface area contributed by atoms with Gasteiger partial charge in [-0.2, -0.15) is 0 Å². The van der Waals surface area contributed by atoms with E-state index in [1.807, 2.05) is 68.4 Å². The number of aliphatic imine (C=N–C) groups is 1. The summed E-state index contributed by atoms with van der Waals surface area (Å²) in [5, 5.41) is 1.82. The number of rotatable bonds is 5. The molecule has 7 nitrogen and oxygen atoms in total. The van der Waals surface area contributed by atoms with Crippen LogP contribution in [0.2, 0.25) is 0 Å². The molecule has 0 fully saturated rings. The van der Waals surface area contributed by atoms with Crippen LogP contribution in [0.15, 0.2) is 65.7 Å². The van der Waals surface area contributed by atoms with Crippen molar-refractivity contribution >= 4 is 47.1 Å². The fraction of sp³-hybridized carbons (Fsp3) is 0.208. The van der Waals surface area contributed by atoms with Crippen molar-refractivity contribution in [1.29, 1.82) is 0 Å². The Morgan fingerprint density at radius 1 is 0.938 bits per heavy atom. The molecule has 0 saturated carbocycles. The highest BCUT2D eigenvalue weighted by atomic mass is 32.2. The zero-order chi connectivity index (χ0) is 23.3. The Labute approximate surface area is 192 Å². The summed E-state index contributed by atoms with van der Waals surface area (Å²) in [7, 11) is 4.74. The van der Waals surface area contributed by atoms with Crippen molar-refractivity contribution in [2.24, 2.45) is 4.99 Å². The van der Waals surface area contributed by atoms with Crippen molar-refractivity contribution in [3.8, 4) is 5.75 Å². The molecule has 166 valence electrons. The number of urea groups is 1. The molecule has 0 aliphatic rings. The Kier molecular flexibility index (Phi) is 7.37. The first-order chi connectivity index (χ1) is 15.3. The molecule has 0 aliphatic carbocycles. The molecule has 0 atom stereocenters. The highest BCUT2D eigenvalue weighted by Crippen LogP contribution is 2.26. The fourth-order valence-corrected chi connectivity index (χ4v) is 3.74. The van der Waals surface area contributed by atoms with Crippen LogP contribution in [0, 0.1) is 13.8 Å². The van der Waals surface area contributed by atoms with Crippen LogP contribution in [0.4, 0.5) is 15.3 Å². The predicted molar refractivity (Wildman–Crippen MR) is 130 cm³/mol. The zero-order valence-corrected chi connectivity index (χ0v) is 19.6. The zero-order valence-electron chi connectivity index (χ0n) is 18.8. The Hall–Kier alpha value is -3.52. The summed E-state index contributed by atoms with van der Waals surface area (Å²) < 4.78 is 8.14. The molecule has 3 rings (SSSR count). The maximum absolute atomic E-state index is 12.7. The molecular weight excluding hydrogens is 424 g/mol. The monoisotopic (exact) mass is 450 g/mol. The summed E-state index contributed by atoms with van der Waals surface area (Å²) in [5.41, 5.74) is 2.97. The number of aryl methyl sites for hydroxylation is 2. The van der Waals surface area contributed by atoms with Gasteiger partial charge in [0, 0.05) is 26.5 Å². The minimum atomic E-state index is -0.586. The van der Waals surface area contributed by atoms with Gasteiger partial charge in [-0.05, 0) is 36.9 Å². The van der Waals surface area contributed by atoms with Crippen LogP contribution in [0.5, 0.6) is 5.75 Å². The molecule has 0 aliphatic heterocycles. The van der Waals surface area contributed by atoms with Gasteiger partial charge in [-0.25, -0.2) is 18.9 Å². The lowest BCUT2D eigenvalue weighted by Crippen LogP contribution is -2.37. The Balaban J connectivity index is 1.60. The van der Waals surface area contributed by atoms with Gasteiger partial charge in [0.05, 0.1) is 24.2 Å². The van der Waals surface area contributed by atoms with E-state index >= 15 is 0 Å². The molecule has 3 aromatic rings. The van der Waals surface area contributed by atoms with Crippen LogP contribution in [0.3, 0.4) is 0 Å². The normalized spacial score (nSPS) is 10.9. The number of carbonyl (C=O) groups is 2. The number of nitrogens with zero attached hydrogens (tertiary/aromatic N) is 4. The predicted octanol–water partition coefficient (Wildman–Crippen LogP) is 5.79. The molecule has 0 saturated heterocycles. The molecule has 0 N–H and O–H groups in total. The van der Waals surface area contributed by atoms with Crippen molar-refractivity contribution in [1.82, 2.24) is 13.5 Å². The van der Waals surface area contributed by atoms with E-state index in [0.717, 1.165) is 39.7 Å².